The molecule has 2 aromatic rings. The summed E-state index contributed by atoms with van der Waals surface area (Å²) in [5.41, 5.74) is 1.36. The predicted molar refractivity (Wildman–Crippen MR) is 96.0 cm³/mol. The molecular weight excluding hydrogens is 338 g/mol. The van der Waals surface area contributed by atoms with Gasteiger partial charge in [0.05, 0.1) is 26.0 Å². The zero-order chi connectivity index (χ0) is 18.8. The highest BCUT2D eigenvalue weighted by Gasteiger charge is 2.11. The predicted octanol–water partition coefficient (Wildman–Crippen LogP) is 3.21. The van der Waals surface area contributed by atoms with Crippen LogP contribution < -0.4 is 15.4 Å². The Morgan fingerprint density at radius 2 is 2.04 bits per heavy atom. The summed E-state index contributed by atoms with van der Waals surface area (Å²) in [5, 5.41) is 5.53. The Kier molecular flexibility index (Phi) is 7.48. The summed E-state index contributed by atoms with van der Waals surface area (Å²) in [4.78, 5) is 26.8. The van der Waals surface area contributed by atoms with E-state index in [4.69, 9.17) is 9.15 Å². The molecule has 0 unspecified atom stereocenters. The van der Waals surface area contributed by atoms with Crippen molar-refractivity contribution in [2.24, 2.45) is 0 Å². The summed E-state index contributed by atoms with van der Waals surface area (Å²) in [7, 11) is 2.93. The smallest absolute Gasteiger partial charge is 0.319 e. The highest BCUT2D eigenvalue weighted by Crippen LogP contribution is 2.32. The number of hydrogen-bond donors (Lipinski definition) is 2. The van der Waals surface area contributed by atoms with Crippen LogP contribution in [0.2, 0.25) is 0 Å². The van der Waals surface area contributed by atoms with E-state index >= 15 is 0 Å². The van der Waals surface area contributed by atoms with Crippen LogP contribution in [-0.2, 0) is 9.53 Å². The fourth-order valence-electron chi connectivity index (χ4n) is 2.37. The van der Waals surface area contributed by atoms with E-state index in [9.17, 15) is 9.59 Å². The number of benzene rings is 1. The number of methoxy groups -OCH3 is 2. The number of nitrogens with one attached hydrogen (secondary N) is 2. The highest BCUT2D eigenvalue weighted by atomic mass is 16.5. The van der Waals surface area contributed by atoms with Crippen molar-refractivity contribution >= 4 is 17.7 Å². The molecule has 0 aliphatic rings. The lowest BCUT2D eigenvalue weighted by molar-refractivity contribution is -0.140. The van der Waals surface area contributed by atoms with Crippen molar-refractivity contribution in [3.63, 3.8) is 0 Å². The number of unbranched alkanes of at least 4 members (excludes halogenated alkanes) is 2. The third kappa shape index (κ3) is 5.80. The zero-order valence-electron chi connectivity index (χ0n) is 14.9. The molecule has 1 heterocycles. The molecule has 26 heavy (non-hydrogen) atoms. The third-order valence-corrected chi connectivity index (χ3v) is 3.73. The number of anilines is 1. The average Bonchev–Trinajstić information content (AvgIpc) is 3.18. The number of amides is 2. The first-order chi connectivity index (χ1) is 12.6. The third-order valence-electron chi connectivity index (χ3n) is 3.73. The van der Waals surface area contributed by atoms with E-state index in [-0.39, 0.29) is 12.0 Å². The molecule has 2 N–H and O–H groups in total. The number of aromatic nitrogens is 1. The maximum atomic E-state index is 11.9. The normalized spacial score (nSPS) is 10.2. The molecule has 0 fully saturated rings. The van der Waals surface area contributed by atoms with Crippen LogP contribution in [0.5, 0.6) is 5.75 Å². The summed E-state index contributed by atoms with van der Waals surface area (Å²) in [6.45, 7) is 0.528. The first kappa shape index (κ1) is 19.3. The molecule has 0 spiro atoms. The van der Waals surface area contributed by atoms with E-state index in [1.54, 1.807) is 31.5 Å². The van der Waals surface area contributed by atoms with Gasteiger partial charge in [-0.25, -0.2) is 9.78 Å². The Labute approximate surface area is 151 Å². The quantitative estimate of drug-likeness (QED) is 0.525. The van der Waals surface area contributed by atoms with Gasteiger partial charge in [-0.2, -0.15) is 0 Å². The highest BCUT2D eigenvalue weighted by molar-refractivity contribution is 5.90. The molecule has 0 aliphatic carbocycles. The lowest BCUT2D eigenvalue weighted by atomic mass is 10.1. The molecule has 8 heteroatoms. The minimum absolute atomic E-state index is 0.210. The lowest BCUT2D eigenvalue weighted by Crippen LogP contribution is -2.29. The topological polar surface area (TPSA) is 103 Å². The molecule has 1 aromatic carbocycles. The van der Waals surface area contributed by atoms with Crippen molar-refractivity contribution < 1.29 is 23.5 Å². The van der Waals surface area contributed by atoms with E-state index in [1.165, 1.54) is 13.5 Å². The fourth-order valence-corrected chi connectivity index (χ4v) is 2.37. The second kappa shape index (κ2) is 10.1. The Hall–Kier alpha value is -3.03. The minimum atomic E-state index is -0.299. The van der Waals surface area contributed by atoms with Gasteiger partial charge >= 0.3 is 12.0 Å². The number of urea groups is 1. The van der Waals surface area contributed by atoms with Gasteiger partial charge in [0.25, 0.3) is 0 Å². The molecule has 0 radical (unpaired) electrons. The van der Waals surface area contributed by atoms with E-state index in [1.807, 2.05) is 0 Å². The SMILES string of the molecule is COC(=O)CCCCCNC(=O)Nc1ccc(-c2cnco2)c(OC)c1. The molecule has 0 bridgehead atoms. The van der Waals surface area contributed by atoms with Gasteiger partial charge in [-0.3, -0.25) is 4.79 Å². The van der Waals surface area contributed by atoms with E-state index < -0.39 is 0 Å². The molecule has 1 aromatic heterocycles. The molecule has 0 saturated carbocycles. The minimum Gasteiger partial charge on any atom is -0.496 e. The maximum absolute atomic E-state index is 11.9. The number of nitrogens with zero attached hydrogens (tertiary/aromatic N) is 1. The van der Waals surface area contributed by atoms with E-state index in [0.717, 1.165) is 24.8 Å². The first-order valence-corrected chi connectivity index (χ1v) is 8.32. The van der Waals surface area contributed by atoms with Crippen LogP contribution in [0, 0.1) is 0 Å². The van der Waals surface area contributed by atoms with E-state index in [2.05, 4.69) is 20.4 Å². The Bertz CT molecular complexity index is 716. The standard InChI is InChI=1S/C18H23N3O5/c1-24-15-10-13(7-8-14(15)16-11-19-12-26-16)21-18(23)20-9-5-3-4-6-17(22)25-2/h7-8,10-12H,3-6,9H2,1-2H3,(H2,20,21,23). The Balaban J connectivity index is 1.77. The average molecular weight is 361 g/mol. The summed E-state index contributed by atoms with van der Waals surface area (Å²) in [6.07, 6.45) is 5.72. The van der Waals surface area contributed by atoms with Crippen LogP contribution in [0.1, 0.15) is 25.7 Å². The van der Waals surface area contributed by atoms with Gasteiger partial charge in [0.1, 0.15) is 5.75 Å². The Morgan fingerprint density at radius 1 is 1.19 bits per heavy atom. The summed E-state index contributed by atoms with van der Waals surface area (Å²) in [6, 6.07) is 4.97. The van der Waals surface area contributed by atoms with Crippen molar-refractivity contribution in [1.82, 2.24) is 10.3 Å². The van der Waals surface area contributed by atoms with Crippen LogP contribution in [0.25, 0.3) is 11.3 Å². The summed E-state index contributed by atoms with van der Waals surface area (Å²) < 4.78 is 15.2. The van der Waals surface area contributed by atoms with Gasteiger partial charge in [-0.15, -0.1) is 0 Å². The molecule has 0 saturated heterocycles. The number of hydrogen-bond acceptors (Lipinski definition) is 6. The van der Waals surface area contributed by atoms with Crippen LogP contribution in [-0.4, -0.2) is 37.7 Å². The van der Waals surface area contributed by atoms with Gasteiger partial charge < -0.3 is 24.5 Å². The zero-order valence-corrected chi connectivity index (χ0v) is 14.9. The van der Waals surface area contributed by atoms with Gasteiger partial charge in [-0.1, -0.05) is 6.42 Å². The lowest BCUT2D eigenvalue weighted by Gasteiger charge is -2.11. The molecule has 2 amide bonds. The Morgan fingerprint density at radius 3 is 2.73 bits per heavy atom. The number of oxazole rings is 1. The van der Waals surface area contributed by atoms with Crippen LogP contribution >= 0.6 is 0 Å². The number of carbonyl (C=O) groups excluding carboxylic acids is 2. The summed E-state index contributed by atoms with van der Waals surface area (Å²) in [5.74, 6) is 0.950. The second-order valence-corrected chi connectivity index (χ2v) is 5.55. The maximum Gasteiger partial charge on any atom is 0.319 e. The number of carbonyl (C=O) groups is 2. The van der Waals surface area contributed by atoms with E-state index in [0.29, 0.717) is 30.2 Å². The number of ether oxygens (including phenoxy) is 2. The first-order valence-electron chi connectivity index (χ1n) is 8.32. The summed E-state index contributed by atoms with van der Waals surface area (Å²) >= 11 is 0. The fraction of sp³-hybridized carbons (Fsp3) is 0.389. The van der Waals surface area contributed by atoms with Gasteiger partial charge in [-0.05, 0) is 25.0 Å². The van der Waals surface area contributed by atoms with Crippen molar-refractivity contribution in [3.05, 3.63) is 30.8 Å². The molecule has 8 nitrogen and oxygen atoms in total. The van der Waals surface area contributed by atoms with Gasteiger partial charge in [0, 0.05) is 24.7 Å². The van der Waals surface area contributed by atoms with Crippen LogP contribution in [0.4, 0.5) is 10.5 Å². The monoisotopic (exact) mass is 361 g/mol. The second-order valence-electron chi connectivity index (χ2n) is 5.55. The largest absolute Gasteiger partial charge is 0.496 e. The number of esters is 1. The molecule has 0 atom stereocenters. The van der Waals surface area contributed by atoms with Crippen LogP contribution in [0.15, 0.2) is 35.2 Å². The molecule has 140 valence electrons. The van der Waals surface area contributed by atoms with Crippen molar-refractivity contribution in [3.8, 4) is 17.1 Å². The molecule has 0 aliphatic heterocycles. The molecule has 2 rings (SSSR count). The number of rotatable bonds is 9. The van der Waals surface area contributed by atoms with Crippen LogP contribution in [0.3, 0.4) is 0 Å². The van der Waals surface area contributed by atoms with Gasteiger partial charge in [0.15, 0.2) is 12.2 Å². The van der Waals surface area contributed by atoms with Crippen molar-refractivity contribution in [1.29, 1.82) is 0 Å². The van der Waals surface area contributed by atoms with Crippen molar-refractivity contribution in [2.75, 3.05) is 26.1 Å². The van der Waals surface area contributed by atoms with Gasteiger partial charge in [0.2, 0.25) is 0 Å². The van der Waals surface area contributed by atoms with Crippen molar-refractivity contribution in [2.45, 2.75) is 25.7 Å². The molecular formula is C18H23N3O5.